The van der Waals surface area contributed by atoms with E-state index < -0.39 is 0 Å². The number of pyridine rings is 1. The number of hydrogen-bond donors (Lipinski definition) is 1. The van der Waals surface area contributed by atoms with E-state index in [2.05, 4.69) is 30.4 Å². The van der Waals surface area contributed by atoms with E-state index >= 15 is 0 Å². The highest BCUT2D eigenvalue weighted by Gasteiger charge is 2.23. The standard InChI is InChI=1S/C20H21ClN2.CH4/c1-13-10-16-3-2-15-11-17(21)4-5-18(15)19(20(16)23-12-13)14-6-8-22-9-7-14;/h4-5,10-12,22H,2-3,6-9H2,1H3;1H4. The lowest BCUT2D eigenvalue weighted by molar-refractivity contribution is 0.611. The predicted octanol–water partition coefficient (Wildman–Crippen LogP) is 4.96. The zero-order valence-electron chi connectivity index (χ0n) is 13.5. The van der Waals surface area contributed by atoms with E-state index in [1.807, 2.05) is 12.3 Å². The van der Waals surface area contributed by atoms with Crippen molar-refractivity contribution in [1.82, 2.24) is 10.3 Å². The van der Waals surface area contributed by atoms with Crippen LogP contribution in [0.15, 0.2) is 36.0 Å². The summed E-state index contributed by atoms with van der Waals surface area (Å²) in [6, 6.07) is 8.65. The molecule has 1 aromatic carbocycles. The lowest BCUT2D eigenvalue weighted by Crippen LogP contribution is -2.24. The molecule has 24 heavy (non-hydrogen) atoms. The number of fused-ring (bicyclic) bond motifs is 2. The summed E-state index contributed by atoms with van der Waals surface area (Å²) in [6.45, 7) is 4.24. The van der Waals surface area contributed by atoms with Crippen LogP contribution in [0, 0.1) is 6.92 Å². The van der Waals surface area contributed by atoms with Gasteiger partial charge in [-0.3, -0.25) is 4.98 Å². The lowest BCUT2D eigenvalue weighted by Gasteiger charge is -2.22. The molecule has 3 heteroatoms. The van der Waals surface area contributed by atoms with Crippen molar-refractivity contribution in [1.29, 1.82) is 0 Å². The molecule has 0 amide bonds. The molecule has 1 aromatic heterocycles. The van der Waals surface area contributed by atoms with Gasteiger partial charge in [0.25, 0.3) is 0 Å². The first-order valence-corrected chi connectivity index (χ1v) is 8.77. The fraction of sp³-hybridized carbons (Fsp3) is 0.381. The van der Waals surface area contributed by atoms with E-state index in [-0.39, 0.29) is 7.43 Å². The summed E-state index contributed by atoms with van der Waals surface area (Å²) in [5.74, 6) is 0. The number of halogens is 1. The molecule has 1 saturated heterocycles. The molecule has 2 aromatic rings. The fourth-order valence-electron chi connectivity index (χ4n) is 3.79. The molecule has 126 valence electrons. The van der Waals surface area contributed by atoms with Gasteiger partial charge in [0.1, 0.15) is 0 Å². The average molecular weight is 341 g/mol. The molecular weight excluding hydrogens is 316 g/mol. The van der Waals surface area contributed by atoms with E-state index in [4.69, 9.17) is 16.6 Å². The molecular formula is C21H25ClN2. The van der Waals surface area contributed by atoms with Crippen LogP contribution < -0.4 is 5.32 Å². The van der Waals surface area contributed by atoms with Crippen molar-refractivity contribution < 1.29 is 0 Å². The minimum absolute atomic E-state index is 0. The van der Waals surface area contributed by atoms with Crippen LogP contribution in [0.2, 0.25) is 5.02 Å². The molecule has 2 heterocycles. The summed E-state index contributed by atoms with van der Waals surface area (Å²) < 4.78 is 0. The number of nitrogens with zero attached hydrogens (tertiary/aromatic N) is 1. The van der Waals surface area contributed by atoms with Gasteiger partial charge in [0, 0.05) is 16.8 Å². The third kappa shape index (κ3) is 3.13. The largest absolute Gasteiger partial charge is 0.316 e. The highest BCUT2D eigenvalue weighted by Crippen LogP contribution is 2.37. The van der Waals surface area contributed by atoms with Gasteiger partial charge in [-0.15, -0.1) is 0 Å². The van der Waals surface area contributed by atoms with Crippen LogP contribution in [0.4, 0.5) is 0 Å². The molecule has 0 spiro atoms. The Morgan fingerprint density at radius 2 is 1.75 bits per heavy atom. The van der Waals surface area contributed by atoms with Gasteiger partial charge >= 0.3 is 0 Å². The second kappa shape index (κ2) is 7.08. The van der Waals surface area contributed by atoms with Gasteiger partial charge < -0.3 is 5.32 Å². The van der Waals surface area contributed by atoms with Gasteiger partial charge in [-0.2, -0.15) is 0 Å². The highest BCUT2D eigenvalue weighted by atomic mass is 35.5. The Kier molecular flexibility index (Phi) is 5.07. The Labute approximate surface area is 150 Å². The van der Waals surface area contributed by atoms with Crippen molar-refractivity contribution in [2.24, 2.45) is 0 Å². The Balaban J connectivity index is 0.00000169. The summed E-state index contributed by atoms with van der Waals surface area (Å²) >= 11 is 6.26. The Hall–Kier alpha value is -1.64. The SMILES string of the molecule is C.Cc1cnc2c(c1)CCc1cc(Cl)ccc1C2=C1CCNCC1. The van der Waals surface area contributed by atoms with Gasteiger partial charge in [-0.25, -0.2) is 0 Å². The van der Waals surface area contributed by atoms with Crippen LogP contribution in [0.5, 0.6) is 0 Å². The second-order valence-electron chi connectivity index (χ2n) is 6.55. The minimum atomic E-state index is 0. The highest BCUT2D eigenvalue weighted by molar-refractivity contribution is 6.30. The van der Waals surface area contributed by atoms with Gasteiger partial charge in [-0.1, -0.05) is 36.7 Å². The first-order valence-electron chi connectivity index (χ1n) is 8.40. The molecule has 0 radical (unpaired) electrons. The number of piperidine rings is 1. The van der Waals surface area contributed by atoms with Crippen molar-refractivity contribution in [3.63, 3.8) is 0 Å². The Morgan fingerprint density at radius 1 is 1.00 bits per heavy atom. The van der Waals surface area contributed by atoms with Crippen LogP contribution in [0.1, 0.15) is 48.2 Å². The first-order chi connectivity index (χ1) is 11.2. The molecule has 1 aliphatic carbocycles. The van der Waals surface area contributed by atoms with E-state index in [1.165, 1.54) is 39.1 Å². The van der Waals surface area contributed by atoms with Crippen molar-refractivity contribution in [2.45, 2.75) is 40.0 Å². The molecule has 0 atom stereocenters. The molecule has 2 aliphatic rings. The number of benzene rings is 1. The number of rotatable bonds is 0. The Morgan fingerprint density at radius 3 is 2.54 bits per heavy atom. The maximum absolute atomic E-state index is 6.26. The molecule has 4 rings (SSSR count). The zero-order chi connectivity index (χ0) is 15.8. The third-order valence-electron chi connectivity index (χ3n) is 4.90. The van der Waals surface area contributed by atoms with E-state index in [0.717, 1.165) is 43.8 Å². The quantitative estimate of drug-likeness (QED) is 0.732. The Bertz CT molecular complexity index is 729. The maximum atomic E-state index is 6.26. The van der Waals surface area contributed by atoms with E-state index in [0.29, 0.717) is 0 Å². The summed E-state index contributed by atoms with van der Waals surface area (Å²) in [7, 11) is 0. The van der Waals surface area contributed by atoms with Gasteiger partial charge in [0.2, 0.25) is 0 Å². The first kappa shape index (κ1) is 17.2. The molecule has 0 bridgehead atoms. The fourth-order valence-corrected chi connectivity index (χ4v) is 3.99. The van der Waals surface area contributed by atoms with Crippen molar-refractivity contribution in [3.05, 3.63) is 69.0 Å². The number of nitrogens with one attached hydrogen (secondary N) is 1. The van der Waals surface area contributed by atoms with Crippen LogP contribution in [0.25, 0.3) is 5.57 Å². The average Bonchev–Trinajstić information content (AvgIpc) is 2.72. The summed E-state index contributed by atoms with van der Waals surface area (Å²) in [5.41, 5.74) is 9.39. The smallest absolute Gasteiger partial charge is 0.0739 e. The molecule has 1 fully saturated rings. The summed E-state index contributed by atoms with van der Waals surface area (Å²) in [6.07, 6.45) is 6.27. The number of aryl methyl sites for hydroxylation is 3. The normalized spacial score (nSPS) is 16.8. The molecule has 2 nitrogen and oxygen atoms in total. The minimum Gasteiger partial charge on any atom is -0.316 e. The van der Waals surface area contributed by atoms with Crippen molar-refractivity contribution in [3.8, 4) is 0 Å². The van der Waals surface area contributed by atoms with Gasteiger partial charge in [0.05, 0.1) is 5.69 Å². The monoisotopic (exact) mass is 340 g/mol. The predicted molar refractivity (Wildman–Crippen MR) is 103 cm³/mol. The second-order valence-corrected chi connectivity index (χ2v) is 6.99. The van der Waals surface area contributed by atoms with Crippen LogP contribution in [-0.4, -0.2) is 18.1 Å². The number of aromatic nitrogens is 1. The number of hydrogen-bond acceptors (Lipinski definition) is 2. The molecule has 0 saturated carbocycles. The van der Waals surface area contributed by atoms with Gasteiger partial charge in [0.15, 0.2) is 0 Å². The molecule has 1 N–H and O–H groups in total. The zero-order valence-corrected chi connectivity index (χ0v) is 14.2. The van der Waals surface area contributed by atoms with E-state index in [1.54, 1.807) is 0 Å². The van der Waals surface area contributed by atoms with Crippen LogP contribution >= 0.6 is 11.6 Å². The van der Waals surface area contributed by atoms with Crippen LogP contribution in [0.3, 0.4) is 0 Å². The topological polar surface area (TPSA) is 24.9 Å². The van der Waals surface area contributed by atoms with Gasteiger partial charge in [-0.05, 0) is 80.1 Å². The molecule has 1 aliphatic heterocycles. The molecule has 0 unspecified atom stereocenters. The van der Waals surface area contributed by atoms with Crippen molar-refractivity contribution >= 4 is 17.2 Å². The van der Waals surface area contributed by atoms with Crippen molar-refractivity contribution in [2.75, 3.05) is 13.1 Å². The van der Waals surface area contributed by atoms with E-state index in [9.17, 15) is 0 Å². The third-order valence-corrected chi connectivity index (χ3v) is 5.14. The maximum Gasteiger partial charge on any atom is 0.0739 e. The van der Waals surface area contributed by atoms with Crippen LogP contribution in [-0.2, 0) is 12.8 Å². The summed E-state index contributed by atoms with van der Waals surface area (Å²) in [4.78, 5) is 4.85. The summed E-state index contributed by atoms with van der Waals surface area (Å²) in [5, 5.41) is 4.29. The lowest BCUT2D eigenvalue weighted by atomic mass is 9.89.